The van der Waals surface area contributed by atoms with Crippen LogP contribution in [0.3, 0.4) is 0 Å². The van der Waals surface area contributed by atoms with E-state index >= 15 is 0 Å². The molecule has 18 heavy (non-hydrogen) atoms. The molecular weight excluding hydrogens is 242 g/mol. The van der Waals surface area contributed by atoms with Gasteiger partial charge in [-0.25, -0.2) is 0 Å². The second kappa shape index (κ2) is 5.87. The van der Waals surface area contributed by atoms with Crippen molar-refractivity contribution < 1.29 is 4.79 Å². The lowest BCUT2D eigenvalue weighted by atomic mass is 10.1. The zero-order valence-electron chi connectivity index (χ0n) is 11.7. The van der Waals surface area contributed by atoms with Crippen LogP contribution >= 0.6 is 11.3 Å². The van der Waals surface area contributed by atoms with E-state index in [0.29, 0.717) is 6.04 Å². The minimum atomic E-state index is 0.247. The highest BCUT2D eigenvalue weighted by atomic mass is 32.1. The quantitative estimate of drug-likeness (QED) is 0.805. The lowest BCUT2D eigenvalue weighted by Gasteiger charge is -2.27. The molecule has 1 fully saturated rings. The van der Waals surface area contributed by atoms with Gasteiger partial charge in [0.2, 0.25) is 0 Å². The van der Waals surface area contributed by atoms with E-state index in [4.69, 9.17) is 0 Å². The number of thiophene rings is 1. The predicted molar refractivity (Wildman–Crippen MR) is 77.4 cm³/mol. The highest BCUT2D eigenvalue weighted by molar-refractivity contribution is 7.14. The first-order valence-electron chi connectivity index (χ1n) is 7.07. The average molecular weight is 265 g/mol. The van der Waals surface area contributed by atoms with Crippen LogP contribution in [0, 0.1) is 6.92 Å². The van der Waals surface area contributed by atoms with Gasteiger partial charge in [0.1, 0.15) is 0 Å². The molecule has 0 bridgehead atoms. The maximum atomic E-state index is 12.6. The van der Waals surface area contributed by atoms with Crippen molar-refractivity contribution in [2.75, 3.05) is 6.54 Å². The lowest BCUT2D eigenvalue weighted by molar-refractivity contribution is 0.0698. The Bertz CT molecular complexity index is 418. The first kappa shape index (κ1) is 13.6. The molecular formula is C15H23NOS. The van der Waals surface area contributed by atoms with Crippen LogP contribution in [0.4, 0.5) is 0 Å². The monoisotopic (exact) mass is 265 g/mol. The molecule has 1 aliphatic carbocycles. The molecule has 1 aromatic rings. The first-order chi connectivity index (χ1) is 8.67. The smallest absolute Gasteiger partial charge is 0.264 e. The van der Waals surface area contributed by atoms with Crippen LogP contribution in [0.25, 0.3) is 0 Å². The lowest BCUT2D eigenvalue weighted by Crippen LogP contribution is -2.38. The molecule has 0 aromatic carbocycles. The van der Waals surface area contributed by atoms with E-state index in [1.807, 2.05) is 0 Å². The molecule has 0 spiro atoms. The van der Waals surface area contributed by atoms with E-state index in [9.17, 15) is 4.79 Å². The van der Waals surface area contributed by atoms with Gasteiger partial charge >= 0.3 is 0 Å². The molecule has 0 radical (unpaired) electrons. The Morgan fingerprint density at radius 2 is 2.06 bits per heavy atom. The van der Waals surface area contributed by atoms with Crippen molar-refractivity contribution in [3.05, 3.63) is 21.4 Å². The number of carbonyl (C=O) groups is 1. The van der Waals surface area contributed by atoms with Crippen molar-refractivity contribution in [3.63, 3.8) is 0 Å². The largest absolute Gasteiger partial charge is 0.335 e. The van der Waals surface area contributed by atoms with E-state index in [-0.39, 0.29) is 5.91 Å². The summed E-state index contributed by atoms with van der Waals surface area (Å²) in [6.07, 6.45) is 5.94. The molecule has 1 heterocycles. The Morgan fingerprint density at radius 1 is 1.39 bits per heavy atom. The van der Waals surface area contributed by atoms with Crippen molar-refractivity contribution in [2.45, 2.75) is 58.9 Å². The van der Waals surface area contributed by atoms with Crippen LogP contribution < -0.4 is 0 Å². The fraction of sp³-hybridized carbons (Fsp3) is 0.667. The van der Waals surface area contributed by atoms with Crippen LogP contribution in [0.15, 0.2) is 6.07 Å². The van der Waals surface area contributed by atoms with Gasteiger partial charge in [-0.05, 0) is 44.7 Å². The zero-order valence-corrected chi connectivity index (χ0v) is 12.5. The molecule has 1 amide bonds. The predicted octanol–water partition coefficient (Wildman–Crippen LogP) is 4.02. The van der Waals surface area contributed by atoms with Gasteiger partial charge in [-0.15, -0.1) is 11.3 Å². The fourth-order valence-corrected chi connectivity index (χ4v) is 3.97. The average Bonchev–Trinajstić information content (AvgIpc) is 2.99. The Balaban J connectivity index is 2.17. The molecule has 1 aliphatic rings. The second-order valence-corrected chi connectivity index (χ2v) is 6.33. The maximum Gasteiger partial charge on any atom is 0.264 e. The standard InChI is InChI=1S/C15H23NOS/c1-4-12-10-14(18-11(12)3)15(17)16(5-2)13-8-6-7-9-13/h10,13H,4-9H2,1-3H3. The SMILES string of the molecule is CCc1cc(C(=O)N(CC)C2CCCC2)sc1C. The molecule has 2 nitrogen and oxygen atoms in total. The normalized spacial score (nSPS) is 16.2. The number of rotatable bonds is 4. The summed E-state index contributed by atoms with van der Waals surface area (Å²) >= 11 is 1.66. The Kier molecular flexibility index (Phi) is 4.44. The summed E-state index contributed by atoms with van der Waals surface area (Å²) in [5, 5.41) is 0. The van der Waals surface area contributed by atoms with Crippen molar-refractivity contribution in [1.82, 2.24) is 4.90 Å². The molecule has 0 atom stereocenters. The Labute approximate surface area is 114 Å². The third-order valence-corrected chi connectivity index (χ3v) is 5.06. The highest BCUT2D eigenvalue weighted by Gasteiger charge is 2.27. The van der Waals surface area contributed by atoms with Crippen LogP contribution in [-0.2, 0) is 6.42 Å². The zero-order chi connectivity index (χ0) is 13.1. The minimum Gasteiger partial charge on any atom is -0.335 e. The number of carbonyl (C=O) groups excluding carboxylic acids is 1. The maximum absolute atomic E-state index is 12.6. The van der Waals surface area contributed by atoms with E-state index in [1.165, 1.54) is 36.1 Å². The highest BCUT2D eigenvalue weighted by Crippen LogP contribution is 2.28. The number of nitrogens with zero attached hydrogens (tertiary/aromatic N) is 1. The van der Waals surface area contributed by atoms with Crippen LogP contribution in [0.2, 0.25) is 0 Å². The number of hydrogen-bond donors (Lipinski definition) is 0. The van der Waals surface area contributed by atoms with E-state index < -0.39 is 0 Å². The summed E-state index contributed by atoms with van der Waals surface area (Å²) in [7, 11) is 0. The summed E-state index contributed by atoms with van der Waals surface area (Å²) in [4.78, 5) is 16.9. The van der Waals surface area contributed by atoms with Gasteiger partial charge in [0.05, 0.1) is 4.88 Å². The molecule has 3 heteroatoms. The van der Waals surface area contributed by atoms with Gasteiger partial charge in [0.15, 0.2) is 0 Å². The van der Waals surface area contributed by atoms with Crippen molar-refractivity contribution in [1.29, 1.82) is 0 Å². The number of aryl methyl sites for hydroxylation is 2. The Morgan fingerprint density at radius 3 is 2.56 bits per heavy atom. The minimum absolute atomic E-state index is 0.247. The summed E-state index contributed by atoms with van der Waals surface area (Å²) in [5.41, 5.74) is 1.32. The third-order valence-electron chi connectivity index (χ3n) is 3.98. The van der Waals surface area contributed by atoms with Gasteiger partial charge in [-0.1, -0.05) is 19.8 Å². The van der Waals surface area contributed by atoms with Gasteiger partial charge < -0.3 is 4.90 Å². The van der Waals surface area contributed by atoms with Gasteiger partial charge in [0.25, 0.3) is 5.91 Å². The topological polar surface area (TPSA) is 20.3 Å². The molecule has 1 saturated carbocycles. The molecule has 2 rings (SSSR count). The van der Waals surface area contributed by atoms with Crippen molar-refractivity contribution in [2.24, 2.45) is 0 Å². The van der Waals surface area contributed by atoms with Crippen molar-refractivity contribution >= 4 is 17.2 Å². The van der Waals surface area contributed by atoms with Crippen LogP contribution in [0.5, 0.6) is 0 Å². The summed E-state index contributed by atoms with van der Waals surface area (Å²) in [6, 6.07) is 2.58. The summed E-state index contributed by atoms with van der Waals surface area (Å²) in [5.74, 6) is 0.247. The van der Waals surface area contributed by atoms with Crippen LogP contribution in [-0.4, -0.2) is 23.4 Å². The Hall–Kier alpha value is -0.830. The number of hydrogen-bond acceptors (Lipinski definition) is 2. The first-order valence-corrected chi connectivity index (χ1v) is 7.89. The molecule has 0 saturated heterocycles. The summed E-state index contributed by atoms with van der Waals surface area (Å²) in [6.45, 7) is 7.20. The third kappa shape index (κ3) is 2.61. The van der Waals surface area contributed by atoms with Gasteiger partial charge in [-0.3, -0.25) is 4.79 Å². The van der Waals surface area contributed by atoms with Gasteiger partial charge in [0, 0.05) is 17.5 Å². The fourth-order valence-electron chi connectivity index (χ4n) is 2.90. The molecule has 0 N–H and O–H groups in total. The van der Waals surface area contributed by atoms with Crippen LogP contribution in [0.1, 0.15) is 59.6 Å². The molecule has 1 aromatic heterocycles. The summed E-state index contributed by atoms with van der Waals surface area (Å²) < 4.78 is 0. The molecule has 0 unspecified atom stereocenters. The second-order valence-electron chi connectivity index (χ2n) is 5.08. The van der Waals surface area contributed by atoms with Gasteiger partial charge in [-0.2, -0.15) is 0 Å². The van der Waals surface area contributed by atoms with E-state index in [2.05, 4.69) is 31.7 Å². The van der Waals surface area contributed by atoms with E-state index in [0.717, 1.165) is 17.8 Å². The molecule has 100 valence electrons. The number of amides is 1. The molecule has 0 aliphatic heterocycles. The van der Waals surface area contributed by atoms with E-state index in [1.54, 1.807) is 11.3 Å². The van der Waals surface area contributed by atoms with Crippen molar-refractivity contribution in [3.8, 4) is 0 Å².